The molecule has 0 spiro atoms. The Kier molecular flexibility index (Phi) is 4.66. The van der Waals surface area contributed by atoms with Crippen molar-refractivity contribution in [3.63, 3.8) is 0 Å². The van der Waals surface area contributed by atoms with Gasteiger partial charge in [-0.2, -0.15) is 0 Å². The van der Waals surface area contributed by atoms with E-state index in [0.29, 0.717) is 5.56 Å². The maximum Gasteiger partial charge on any atom is 0.335 e. The predicted molar refractivity (Wildman–Crippen MR) is 130 cm³/mol. The van der Waals surface area contributed by atoms with Gasteiger partial charge in [-0.05, 0) is 73.7 Å². The van der Waals surface area contributed by atoms with E-state index in [1.807, 2.05) is 12.1 Å². The van der Waals surface area contributed by atoms with Crippen LogP contribution in [0.4, 0.5) is 0 Å². The van der Waals surface area contributed by atoms with Crippen LogP contribution in [0.3, 0.4) is 0 Å². The number of aromatic amines is 2. The van der Waals surface area contributed by atoms with Gasteiger partial charge in [-0.15, -0.1) is 0 Å². The Labute approximate surface area is 186 Å². The van der Waals surface area contributed by atoms with Crippen LogP contribution in [0.1, 0.15) is 55.5 Å². The monoisotopic (exact) mass is 422 g/mol. The van der Waals surface area contributed by atoms with Crippen molar-refractivity contribution in [3.8, 4) is 0 Å². The molecule has 0 atom stereocenters. The van der Waals surface area contributed by atoms with Crippen LogP contribution in [0.15, 0.2) is 60.7 Å². The summed E-state index contributed by atoms with van der Waals surface area (Å²) in [5.41, 5.74) is 10.2. The molecule has 2 heterocycles. The lowest BCUT2D eigenvalue weighted by Crippen LogP contribution is -2.10. The number of fused-ring (bicyclic) bond motifs is 2. The highest BCUT2D eigenvalue weighted by Crippen LogP contribution is 2.37. The fraction of sp³-hybridized carbons (Fsp3) is 0.179. The number of rotatable bonds is 4. The topological polar surface area (TPSA) is 68.9 Å². The third-order valence-corrected chi connectivity index (χ3v) is 6.83. The van der Waals surface area contributed by atoms with Crippen LogP contribution < -0.4 is 0 Å². The molecule has 0 aliphatic rings. The molecule has 0 aliphatic heterocycles. The van der Waals surface area contributed by atoms with E-state index in [9.17, 15) is 9.90 Å². The second kappa shape index (κ2) is 7.41. The maximum atomic E-state index is 12.1. The summed E-state index contributed by atoms with van der Waals surface area (Å²) < 4.78 is 0. The third-order valence-electron chi connectivity index (χ3n) is 6.83. The van der Waals surface area contributed by atoms with Gasteiger partial charge in [-0.25, -0.2) is 4.79 Å². The average molecular weight is 423 g/mol. The first kappa shape index (κ1) is 20.1. The fourth-order valence-electron chi connectivity index (χ4n) is 4.83. The molecule has 4 nitrogen and oxygen atoms in total. The standard InChI is InChI=1S/C28H26N2O2/c1-15-17(3)29-25-13-19(9-11-21(15)25)27(23-7-5-6-8-24(23)28(31)32)20-10-12-22-16(2)18(4)30-26(22)14-20/h5-14,27,29-30H,1-4H3,(H,31,32). The first-order valence-electron chi connectivity index (χ1n) is 10.8. The molecule has 0 radical (unpaired) electrons. The zero-order chi connectivity index (χ0) is 22.6. The number of nitrogens with one attached hydrogen (secondary N) is 2. The number of hydrogen-bond donors (Lipinski definition) is 3. The second-order valence-electron chi connectivity index (χ2n) is 8.69. The number of aryl methyl sites for hydroxylation is 4. The number of carbonyl (C=O) groups is 1. The van der Waals surface area contributed by atoms with Crippen LogP contribution in [0.25, 0.3) is 21.8 Å². The van der Waals surface area contributed by atoms with Gasteiger partial charge in [0.15, 0.2) is 0 Å². The number of aromatic nitrogens is 2. The lowest BCUT2D eigenvalue weighted by molar-refractivity contribution is 0.0695. The van der Waals surface area contributed by atoms with Gasteiger partial charge in [0.05, 0.1) is 5.56 Å². The highest BCUT2D eigenvalue weighted by molar-refractivity contribution is 5.91. The quantitative estimate of drug-likeness (QED) is 0.280. The molecule has 0 bridgehead atoms. The van der Waals surface area contributed by atoms with E-state index < -0.39 is 5.97 Å². The minimum absolute atomic E-state index is 0.205. The first-order chi connectivity index (χ1) is 15.3. The van der Waals surface area contributed by atoms with Crippen molar-refractivity contribution in [1.82, 2.24) is 9.97 Å². The number of hydrogen-bond acceptors (Lipinski definition) is 1. The lowest BCUT2D eigenvalue weighted by atomic mass is 9.82. The number of H-pyrrole nitrogens is 2. The first-order valence-corrected chi connectivity index (χ1v) is 10.8. The molecule has 3 N–H and O–H groups in total. The molecule has 0 aliphatic carbocycles. The molecular formula is C28H26N2O2. The molecule has 0 unspecified atom stereocenters. The largest absolute Gasteiger partial charge is 0.478 e. The molecular weight excluding hydrogens is 396 g/mol. The molecule has 5 aromatic rings. The summed E-state index contributed by atoms with van der Waals surface area (Å²) in [6.07, 6.45) is 0. The van der Waals surface area contributed by atoms with Gasteiger partial charge in [0.2, 0.25) is 0 Å². The lowest BCUT2D eigenvalue weighted by Gasteiger charge is -2.21. The second-order valence-corrected chi connectivity index (χ2v) is 8.69. The summed E-state index contributed by atoms with van der Waals surface area (Å²) in [5.74, 6) is -1.12. The molecule has 0 fully saturated rings. The van der Waals surface area contributed by atoms with E-state index in [1.165, 1.54) is 21.9 Å². The molecule has 32 heavy (non-hydrogen) atoms. The fourth-order valence-corrected chi connectivity index (χ4v) is 4.83. The SMILES string of the molecule is Cc1[nH]c2cc(C(c3ccc4c(C)c(C)[nH]c4c3)c3ccccc3C(=O)O)ccc2c1C. The minimum atomic E-state index is -0.911. The molecule has 4 heteroatoms. The average Bonchev–Trinajstić information content (AvgIpc) is 3.22. The Morgan fingerprint density at radius 3 is 1.75 bits per heavy atom. The van der Waals surface area contributed by atoms with Crippen molar-refractivity contribution in [2.45, 2.75) is 33.6 Å². The molecule has 2 aromatic heterocycles. The van der Waals surface area contributed by atoms with Crippen molar-refractivity contribution in [2.24, 2.45) is 0 Å². The Morgan fingerprint density at radius 2 is 1.25 bits per heavy atom. The minimum Gasteiger partial charge on any atom is -0.478 e. The van der Waals surface area contributed by atoms with Crippen molar-refractivity contribution in [3.05, 3.63) is 105 Å². The Bertz CT molecular complexity index is 1420. The highest BCUT2D eigenvalue weighted by Gasteiger charge is 2.24. The number of aromatic carboxylic acids is 1. The Hall–Kier alpha value is -3.79. The van der Waals surface area contributed by atoms with E-state index in [1.54, 1.807) is 12.1 Å². The number of carboxylic acids is 1. The maximum absolute atomic E-state index is 12.1. The zero-order valence-electron chi connectivity index (χ0n) is 18.7. The van der Waals surface area contributed by atoms with E-state index in [0.717, 1.165) is 39.1 Å². The van der Waals surface area contributed by atoms with E-state index in [4.69, 9.17) is 0 Å². The van der Waals surface area contributed by atoms with Crippen LogP contribution in [-0.4, -0.2) is 21.0 Å². The highest BCUT2D eigenvalue weighted by atomic mass is 16.4. The molecule has 3 aromatic carbocycles. The molecule has 0 saturated heterocycles. The summed E-state index contributed by atoms with van der Waals surface area (Å²) in [6.45, 7) is 8.40. The van der Waals surface area contributed by atoms with E-state index in [2.05, 4.69) is 74.1 Å². The summed E-state index contributed by atoms with van der Waals surface area (Å²) in [7, 11) is 0. The van der Waals surface area contributed by atoms with Gasteiger partial charge in [0.1, 0.15) is 0 Å². The summed E-state index contributed by atoms with van der Waals surface area (Å²) in [5, 5.41) is 12.3. The van der Waals surface area contributed by atoms with Crippen molar-refractivity contribution in [1.29, 1.82) is 0 Å². The van der Waals surface area contributed by atoms with Crippen LogP contribution in [-0.2, 0) is 0 Å². The number of benzene rings is 3. The Balaban J connectivity index is 1.78. The van der Waals surface area contributed by atoms with Crippen molar-refractivity contribution < 1.29 is 9.90 Å². The van der Waals surface area contributed by atoms with Gasteiger partial charge < -0.3 is 15.1 Å². The van der Waals surface area contributed by atoms with Crippen LogP contribution in [0.5, 0.6) is 0 Å². The summed E-state index contributed by atoms with van der Waals surface area (Å²) in [6, 6.07) is 20.2. The molecule has 0 saturated carbocycles. The van der Waals surface area contributed by atoms with Crippen LogP contribution >= 0.6 is 0 Å². The van der Waals surface area contributed by atoms with Gasteiger partial charge in [0, 0.05) is 39.1 Å². The van der Waals surface area contributed by atoms with Gasteiger partial charge >= 0.3 is 5.97 Å². The smallest absolute Gasteiger partial charge is 0.335 e. The van der Waals surface area contributed by atoms with Crippen LogP contribution in [0, 0.1) is 27.7 Å². The normalized spacial score (nSPS) is 11.7. The summed E-state index contributed by atoms with van der Waals surface area (Å²) >= 11 is 0. The molecule has 160 valence electrons. The van der Waals surface area contributed by atoms with Crippen molar-refractivity contribution >= 4 is 27.8 Å². The van der Waals surface area contributed by atoms with Crippen molar-refractivity contribution in [2.75, 3.05) is 0 Å². The zero-order valence-corrected chi connectivity index (χ0v) is 18.7. The van der Waals surface area contributed by atoms with E-state index >= 15 is 0 Å². The molecule has 0 amide bonds. The summed E-state index contributed by atoms with van der Waals surface area (Å²) in [4.78, 5) is 19.1. The van der Waals surface area contributed by atoms with Gasteiger partial charge in [0.25, 0.3) is 0 Å². The number of carboxylic acid groups (broad SMARTS) is 1. The van der Waals surface area contributed by atoms with E-state index in [-0.39, 0.29) is 5.92 Å². The molecule has 5 rings (SSSR count). The third kappa shape index (κ3) is 3.11. The van der Waals surface area contributed by atoms with Gasteiger partial charge in [-0.3, -0.25) is 0 Å². The van der Waals surface area contributed by atoms with Crippen LogP contribution in [0.2, 0.25) is 0 Å². The predicted octanol–water partition coefficient (Wildman–Crippen LogP) is 6.76. The Morgan fingerprint density at radius 1 is 0.750 bits per heavy atom. The van der Waals surface area contributed by atoms with Gasteiger partial charge in [-0.1, -0.05) is 42.5 Å².